The third kappa shape index (κ3) is 4.76. The minimum Gasteiger partial charge on any atom is -0.345 e. The van der Waals surface area contributed by atoms with E-state index >= 15 is 0 Å². The molecule has 1 amide bonds. The van der Waals surface area contributed by atoms with Crippen LogP contribution in [0.3, 0.4) is 0 Å². The van der Waals surface area contributed by atoms with Gasteiger partial charge in [-0.25, -0.2) is 4.68 Å². The predicted octanol–water partition coefficient (Wildman–Crippen LogP) is 1.84. The van der Waals surface area contributed by atoms with E-state index in [1.807, 2.05) is 36.5 Å². The van der Waals surface area contributed by atoms with Gasteiger partial charge in [0.05, 0.1) is 11.7 Å². The molecule has 0 fully saturated rings. The zero-order chi connectivity index (χ0) is 17.4. The number of benzene rings is 1. The molecule has 0 aliphatic heterocycles. The zero-order valence-corrected chi connectivity index (χ0v) is 14.2. The molecule has 1 heterocycles. The highest BCUT2D eigenvalue weighted by Crippen LogP contribution is 2.08. The van der Waals surface area contributed by atoms with Gasteiger partial charge in [0.15, 0.2) is 0 Å². The normalized spacial score (nSPS) is 11.9. The van der Waals surface area contributed by atoms with Crippen LogP contribution in [0.25, 0.3) is 5.69 Å². The fraction of sp³-hybridized carbons (Fsp3) is 0.389. The average Bonchev–Trinajstić information content (AvgIpc) is 3.15. The van der Waals surface area contributed by atoms with Gasteiger partial charge in [-0.2, -0.15) is 5.10 Å². The number of ketones is 1. The Bertz CT molecular complexity index is 650. The van der Waals surface area contributed by atoms with E-state index in [0.29, 0.717) is 13.0 Å². The maximum Gasteiger partial charge on any atom is 0.289 e. The van der Waals surface area contributed by atoms with E-state index in [9.17, 15) is 9.59 Å². The van der Waals surface area contributed by atoms with E-state index in [1.165, 1.54) is 0 Å². The molecule has 0 saturated heterocycles. The summed E-state index contributed by atoms with van der Waals surface area (Å²) in [6.07, 6.45) is 6.17. The van der Waals surface area contributed by atoms with Crippen LogP contribution in [-0.4, -0.2) is 34.6 Å². The van der Waals surface area contributed by atoms with Crippen LogP contribution in [0, 0.1) is 0 Å². The summed E-state index contributed by atoms with van der Waals surface area (Å²) in [5.74, 6) is -0.944. The Kier molecular flexibility index (Phi) is 6.69. The van der Waals surface area contributed by atoms with Crippen molar-refractivity contribution in [2.45, 2.75) is 38.8 Å². The first-order valence-corrected chi connectivity index (χ1v) is 8.24. The molecule has 0 saturated carbocycles. The lowest BCUT2D eigenvalue weighted by atomic mass is 10.1. The van der Waals surface area contributed by atoms with Crippen LogP contribution in [0.5, 0.6) is 0 Å². The molecule has 0 spiro atoms. The van der Waals surface area contributed by atoms with E-state index in [2.05, 4.69) is 22.7 Å². The largest absolute Gasteiger partial charge is 0.345 e. The maximum absolute atomic E-state index is 12.1. The summed E-state index contributed by atoms with van der Waals surface area (Å²) in [5.41, 5.74) is 1.88. The number of Topliss-reactive ketones (excluding diaryl/α,β-unsaturated/α-hetero) is 1. The predicted molar refractivity (Wildman–Crippen MR) is 92.8 cm³/mol. The Morgan fingerprint density at radius 1 is 1.25 bits per heavy atom. The third-order valence-corrected chi connectivity index (χ3v) is 3.89. The van der Waals surface area contributed by atoms with Crippen molar-refractivity contribution in [2.75, 3.05) is 7.05 Å². The van der Waals surface area contributed by atoms with Gasteiger partial charge in [0.25, 0.3) is 5.91 Å². The second-order valence-electron chi connectivity index (χ2n) is 5.65. The number of nitrogens with zero attached hydrogens (tertiary/aromatic N) is 2. The fourth-order valence-electron chi connectivity index (χ4n) is 2.43. The molecule has 0 aliphatic rings. The molecule has 1 aromatic heterocycles. The second-order valence-corrected chi connectivity index (χ2v) is 5.65. The van der Waals surface area contributed by atoms with Gasteiger partial charge in [0, 0.05) is 18.9 Å². The number of amides is 1. The molecular formula is C18H24N4O2. The third-order valence-electron chi connectivity index (χ3n) is 3.89. The molecule has 0 radical (unpaired) electrons. The summed E-state index contributed by atoms with van der Waals surface area (Å²) >= 11 is 0. The molecule has 2 N–H and O–H groups in total. The maximum atomic E-state index is 12.1. The number of rotatable bonds is 9. The SMILES string of the molecule is CCCCC(NC)C(=O)C(=O)NCc1ccc(-n2cccn2)cc1. The van der Waals surface area contributed by atoms with Gasteiger partial charge in [-0.1, -0.05) is 31.9 Å². The standard InChI is InChI=1S/C18H24N4O2/c1-3-4-6-16(19-2)17(23)18(24)20-13-14-7-9-15(10-8-14)22-12-5-11-21-22/h5,7-12,16,19H,3-4,6,13H2,1-2H3,(H,20,24). The van der Waals surface area contributed by atoms with E-state index in [-0.39, 0.29) is 0 Å². The first-order chi connectivity index (χ1) is 11.7. The van der Waals surface area contributed by atoms with Gasteiger partial charge in [-0.3, -0.25) is 9.59 Å². The molecule has 1 aromatic carbocycles. The van der Waals surface area contributed by atoms with Crippen LogP contribution in [-0.2, 0) is 16.1 Å². The average molecular weight is 328 g/mol. The highest BCUT2D eigenvalue weighted by molar-refractivity contribution is 6.38. The van der Waals surface area contributed by atoms with Crippen molar-refractivity contribution < 1.29 is 9.59 Å². The summed E-state index contributed by atoms with van der Waals surface area (Å²) in [6, 6.07) is 9.12. The zero-order valence-electron chi connectivity index (χ0n) is 14.2. The number of unbranched alkanes of at least 4 members (excludes halogenated alkanes) is 1. The monoisotopic (exact) mass is 328 g/mol. The molecule has 2 aromatic rings. The van der Waals surface area contributed by atoms with Gasteiger partial charge in [-0.15, -0.1) is 0 Å². The van der Waals surface area contributed by atoms with E-state index in [0.717, 1.165) is 24.1 Å². The molecule has 1 atom stereocenters. The highest BCUT2D eigenvalue weighted by Gasteiger charge is 2.22. The van der Waals surface area contributed by atoms with E-state index in [1.54, 1.807) is 17.9 Å². The molecule has 0 bridgehead atoms. The Balaban J connectivity index is 1.88. The minimum absolute atomic E-state index is 0.328. The van der Waals surface area contributed by atoms with Gasteiger partial charge in [0.2, 0.25) is 5.78 Å². The first kappa shape index (κ1) is 17.9. The number of likely N-dealkylation sites (N-methyl/N-ethyl adjacent to an activating group) is 1. The number of aromatic nitrogens is 2. The lowest BCUT2D eigenvalue weighted by molar-refractivity contribution is -0.139. The molecular weight excluding hydrogens is 304 g/mol. The number of nitrogens with one attached hydrogen (secondary N) is 2. The molecule has 1 unspecified atom stereocenters. The molecule has 2 rings (SSSR count). The molecule has 6 heteroatoms. The van der Waals surface area contributed by atoms with Crippen molar-refractivity contribution in [3.05, 3.63) is 48.3 Å². The van der Waals surface area contributed by atoms with Crippen molar-refractivity contribution in [1.82, 2.24) is 20.4 Å². The number of carbonyl (C=O) groups excluding carboxylic acids is 2. The van der Waals surface area contributed by atoms with Crippen LogP contribution in [0.4, 0.5) is 0 Å². The molecule has 128 valence electrons. The summed E-state index contributed by atoms with van der Waals surface area (Å²) in [4.78, 5) is 24.1. The van der Waals surface area contributed by atoms with E-state index < -0.39 is 17.7 Å². The fourth-order valence-corrected chi connectivity index (χ4v) is 2.43. The Labute approximate surface area is 142 Å². The minimum atomic E-state index is -0.540. The number of hydrogen-bond donors (Lipinski definition) is 2. The second kappa shape index (κ2) is 8.98. The van der Waals surface area contributed by atoms with Crippen LogP contribution in [0.15, 0.2) is 42.7 Å². The lowest BCUT2D eigenvalue weighted by Gasteiger charge is -2.14. The lowest BCUT2D eigenvalue weighted by Crippen LogP contribution is -2.43. The molecule has 6 nitrogen and oxygen atoms in total. The summed E-state index contributed by atoms with van der Waals surface area (Å²) < 4.78 is 1.76. The molecule has 0 aliphatic carbocycles. The van der Waals surface area contributed by atoms with Gasteiger partial charge < -0.3 is 10.6 Å². The first-order valence-electron chi connectivity index (χ1n) is 8.24. The number of hydrogen-bond acceptors (Lipinski definition) is 4. The smallest absolute Gasteiger partial charge is 0.289 e. The number of carbonyl (C=O) groups is 2. The van der Waals surface area contributed by atoms with Gasteiger partial charge in [-0.05, 0) is 37.2 Å². The summed E-state index contributed by atoms with van der Waals surface area (Å²) in [7, 11) is 1.71. The van der Waals surface area contributed by atoms with Crippen LogP contribution >= 0.6 is 0 Å². The van der Waals surface area contributed by atoms with Crippen LogP contribution in [0.1, 0.15) is 31.7 Å². The van der Waals surface area contributed by atoms with Crippen LogP contribution in [0.2, 0.25) is 0 Å². The quantitative estimate of drug-likeness (QED) is 0.689. The van der Waals surface area contributed by atoms with Crippen molar-refractivity contribution in [3.63, 3.8) is 0 Å². The highest BCUT2D eigenvalue weighted by atomic mass is 16.2. The summed E-state index contributed by atoms with van der Waals surface area (Å²) in [6.45, 7) is 2.39. The molecule has 24 heavy (non-hydrogen) atoms. The van der Waals surface area contributed by atoms with Crippen molar-refractivity contribution >= 4 is 11.7 Å². The Hall–Kier alpha value is -2.47. The Morgan fingerprint density at radius 2 is 2.00 bits per heavy atom. The van der Waals surface area contributed by atoms with E-state index in [4.69, 9.17) is 0 Å². The summed E-state index contributed by atoms with van der Waals surface area (Å²) in [5, 5.41) is 9.77. The van der Waals surface area contributed by atoms with Crippen molar-refractivity contribution in [1.29, 1.82) is 0 Å². The van der Waals surface area contributed by atoms with Gasteiger partial charge in [0.1, 0.15) is 0 Å². The van der Waals surface area contributed by atoms with Crippen LogP contribution < -0.4 is 10.6 Å². The van der Waals surface area contributed by atoms with Gasteiger partial charge >= 0.3 is 0 Å². The van der Waals surface area contributed by atoms with Crippen molar-refractivity contribution in [3.8, 4) is 5.69 Å². The van der Waals surface area contributed by atoms with Crippen molar-refractivity contribution in [2.24, 2.45) is 0 Å². The Morgan fingerprint density at radius 3 is 2.58 bits per heavy atom. The topological polar surface area (TPSA) is 76.0 Å².